The third kappa shape index (κ3) is 4.57. The molecule has 1 N–H and O–H groups in total. The lowest BCUT2D eigenvalue weighted by Gasteiger charge is -2.30. The van der Waals surface area contributed by atoms with Gasteiger partial charge in [0.25, 0.3) is 0 Å². The number of halogens is 1. The van der Waals surface area contributed by atoms with E-state index >= 15 is 0 Å². The molecule has 1 aliphatic rings. The van der Waals surface area contributed by atoms with Gasteiger partial charge in [-0.15, -0.1) is 11.8 Å². The Bertz CT molecular complexity index is 1000. The van der Waals surface area contributed by atoms with Crippen molar-refractivity contribution in [2.45, 2.75) is 23.7 Å². The number of nitrogens with zero attached hydrogens (tertiary/aromatic N) is 3. The Morgan fingerprint density at radius 3 is 2.76 bits per heavy atom. The number of aromatic nitrogens is 2. The molecule has 0 unspecified atom stereocenters. The summed E-state index contributed by atoms with van der Waals surface area (Å²) < 4.78 is 5.49. The van der Waals surface area contributed by atoms with Crippen LogP contribution in [0.15, 0.2) is 57.9 Å². The maximum absolute atomic E-state index is 12.6. The molecule has 150 valence electrons. The first-order valence-electron chi connectivity index (χ1n) is 9.42. The van der Waals surface area contributed by atoms with Crippen molar-refractivity contribution in [1.82, 2.24) is 15.0 Å². The van der Waals surface area contributed by atoms with E-state index in [0.717, 1.165) is 29.0 Å². The van der Waals surface area contributed by atoms with Crippen LogP contribution < -0.4 is 5.32 Å². The largest absolute Gasteiger partial charge is 0.339 e. The van der Waals surface area contributed by atoms with E-state index in [1.165, 1.54) is 0 Å². The molecule has 0 aliphatic carbocycles. The minimum absolute atomic E-state index is 0.0796. The average molecular weight is 429 g/mol. The molecule has 2 heterocycles. The second kappa shape index (κ2) is 8.88. The van der Waals surface area contributed by atoms with E-state index < -0.39 is 0 Å². The monoisotopic (exact) mass is 428 g/mol. The number of anilines is 1. The maximum atomic E-state index is 12.6. The molecular weight excluding hydrogens is 408 g/mol. The lowest BCUT2D eigenvalue weighted by molar-refractivity contribution is 0.187. The Morgan fingerprint density at radius 1 is 1.21 bits per heavy atom. The number of benzene rings is 2. The fourth-order valence-electron chi connectivity index (χ4n) is 3.39. The molecule has 1 saturated heterocycles. The Balaban J connectivity index is 1.36. The van der Waals surface area contributed by atoms with Crippen molar-refractivity contribution in [2.75, 3.05) is 24.7 Å². The summed E-state index contributed by atoms with van der Waals surface area (Å²) in [5, 5.41) is 7.66. The Kier molecular flexibility index (Phi) is 6.06. The highest BCUT2D eigenvalue weighted by atomic mass is 35.5. The van der Waals surface area contributed by atoms with Gasteiger partial charge in [0.15, 0.2) is 0 Å². The van der Waals surface area contributed by atoms with E-state index in [2.05, 4.69) is 15.5 Å². The van der Waals surface area contributed by atoms with Crippen molar-refractivity contribution in [3.05, 3.63) is 59.4 Å². The molecule has 2 aromatic carbocycles. The first-order valence-corrected chi connectivity index (χ1v) is 11.0. The van der Waals surface area contributed by atoms with Crippen LogP contribution in [0.4, 0.5) is 10.5 Å². The first-order chi connectivity index (χ1) is 14.1. The first kappa shape index (κ1) is 19.8. The number of piperidine rings is 1. The fraction of sp³-hybridized carbons (Fsp3) is 0.286. The van der Waals surface area contributed by atoms with Gasteiger partial charge in [0, 0.05) is 35.2 Å². The van der Waals surface area contributed by atoms with Crippen LogP contribution in [-0.2, 0) is 0 Å². The van der Waals surface area contributed by atoms with E-state index in [4.69, 9.17) is 16.1 Å². The summed E-state index contributed by atoms with van der Waals surface area (Å²) in [7, 11) is 0. The van der Waals surface area contributed by atoms with E-state index in [9.17, 15) is 4.79 Å². The number of urea groups is 1. The van der Waals surface area contributed by atoms with E-state index in [1.807, 2.05) is 53.6 Å². The summed E-state index contributed by atoms with van der Waals surface area (Å²) in [6.07, 6.45) is 3.57. The topological polar surface area (TPSA) is 71.3 Å². The number of hydrogen-bond acceptors (Lipinski definition) is 5. The van der Waals surface area contributed by atoms with Crippen LogP contribution in [0.1, 0.15) is 24.7 Å². The normalized spacial score (nSPS) is 14.8. The molecule has 0 bridgehead atoms. The van der Waals surface area contributed by atoms with Crippen LogP contribution in [0.5, 0.6) is 0 Å². The van der Waals surface area contributed by atoms with Gasteiger partial charge in [-0.05, 0) is 49.4 Å². The molecule has 1 aromatic heterocycles. The zero-order valence-corrected chi connectivity index (χ0v) is 17.5. The predicted octanol–water partition coefficient (Wildman–Crippen LogP) is 5.52. The number of rotatable bonds is 4. The second-order valence-corrected chi connectivity index (χ2v) is 8.15. The van der Waals surface area contributed by atoms with Crippen LogP contribution in [0.25, 0.3) is 11.4 Å². The maximum Gasteiger partial charge on any atom is 0.321 e. The quantitative estimate of drug-likeness (QED) is 0.553. The minimum atomic E-state index is -0.0796. The molecule has 8 heteroatoms. The highest BCUT2D eigenvalue weighted by molar-refractivity contribution is 7.98. The van der Waals surface area contributed by atoms with Crippen molar-refractivity contribution in [2.24, 2.45) is 0 Å². The summed E-state index contributed by atoms with van der Waals surface area (Å²) in [5.41, 5.74) is 1.57. The van der Waals surface area contributed by atoms with Crippen molar-refractivity contribution < 1.29 is 9.32 Å². The Labute approximate surface area is 178 Å². The number of thioether (sulfide) groups is 1. The van der Waals surface area contributed by atoms with Crippen LogP contribution >= 0.6 is 23.4 Å². The number of carbonyl (C=O) groups excluding carboxylic acids is 1. The number of likely N-dealkylation sites (tertiary alicyclic amines) is 1. The molecule has 1 aliphatic heterocycles. The number of nitrogens with one attached hydrogen (secondary N) is 1. The van der Waals surface area contributed by atoms with Crippen LogP contribution in [0, 0.1) is 0 Å². The summed E-state index contributed by atoms with van der Waals surface area (Å²) in [4.78, 5) is 20.1. The molecule has 3 aromatic rings. The molecule has 6 nitrogen and oxygen atoms in total. The minimum Gasteiger partial charge on any atom is -0.339 e. The standard InChI is InChI=1S/C21H21ClN4O2S/c1-29-16-6-4-5-15(13-16)23-21(27)26-11-9-14(10-12-26)20-24-19(25-28-20)17-7-2-3-8-18(17)22/h2-8,13-14H,9-12H2,1H3,(H,23,27). The molecule has 0 atom stereocenters. The van der Waals surface area contributed by atoms with Gasteiger partial charge in [-0.25, -0.2) is 4.79 Å². The Morgan fingerprint density at radius 2 is 2.00 bits per heavy atom. The molecule has 29 heavy (non-hydrogen) atoms. The zero-order chi connectivity index (χ0) is 20.2. The van der Waals surface area contributed by atoms with Gasteiger partial charge in [-0.3, -0.25) is 0 Å². The summed E-state index contributed by atoms with van der Waals surface area (Å²) in [6, 6.07) is 15.2. The molecule has 1 fully saturated rings. The predicted molar refractivity (Wildman–Crippen MR) is 116 cm³/mol. The fourth-order valence-corrected chi connectivity index (χ4v) is 4.07. The van der Waals surface area contributed by atoms with Gasteiger partial charge < -0.3 is 14.7 Å². The van der Waals surface area contributed by atoms with Gasteiger partial charge in [-0.2, -0.15) is 4.98 Å². The highest BCUT2D eigenvalue weighted by Gasteiger charge is 2.28. The van der Waals surface area contributed by atoms with E-state index in [1.54, 1.807) is 17.8 Å². The highest BCUT2D eigenvalue weighted by Crippen LogP contribution is 2.31. The number of amides is 2. The van der Waals surface area contributed by atoms with Crippen LogP contribution in [0.3, 0.4) is 0 Å². The summed E-state index contributed by atoms with van der Waals surface area (Å²) in [6.45, 7) is 1.28. The molecule has 0 saturated carbocycles. The van der Waals surface area contributed by atoms with Crippen molar-refractivity contribution >= 4 is 35.1 Å². The van der Waals surface area contributed by atoms with Gasteiger partial charge in [0.1, 0.15) is 0 Å². The molecule has 0 spiro atoms. The van der Waals surface area contributed by atoms with Crippen molar-refractivity contribution in [3.8, 4) is 11.4 Å². The third-order valence-corrected chi connectivity index (χ3v) is 6.06. The van der Waals surface area contributed by atoms with Crippen LogP contribution in [-0.4, -0.2) is 40.4 Å². The zero-order valence-electron chi connectivity index (χ0n) is 16.0. The Hall–Kier alpha value is -2.51. The van der Waals surface area contributed by atoms with Gasteiger partial charge in [0.05, 0.1) is 5.02 Å². The average Bonchev–Trinajstić information content (AvgIpc) is 3.24. The van der Waals surface area contributed by atoms with Crippen molar-refractivity contribution in [1.29, 1.82) is 0 Å². The van der Waals surface area contributed by atoms with Crippen molar-refractivity contribution in [3.63, 3.8) is 0 Å². The lowest BCUT2D eigenvalue weighted by atomic mass is 9.97. The molecular formula is C21H21ClN4O2S. The molecule has 0 radical (unpaired) electrons. The van der Waals surface area contributed by atoms with Gasteiger partial charge in [0.2, 0.25) is 11.7 Å². The van der Waals surface area contributed by atoms with Gasteiger partial charge >= 0.3 is 6.03 Å². The number of hydrogen-bond donors (Lipinski definition) is 1. The smallest absolute Gasteiger partial charge is 0.321 e. The third-order valence-electron chi connectivity index (χ3n) is 5.01. The summed E-state index contributed by atoms with van der Waals surface area (Å²) in [5.74, 6) is 1.25. The number of carbonyl (C=O) groups is 1. The second-order valence-electron chi connectivity index (χ2n) is 6.86. The molecule has 2 amide bonds. The lowest BCUT2D eigenvalue weighted by Crippen LogP contribution is -2.40. The SMILES string of the molecule is CSc1cccc(NC(=O)N2CCC(c3nc(-c4ccccc4Cl)no3)CC2)c1. The van der Waals surface area contributed by atoms with Gasteiger partial charge in [-0.1, -0.05) is 35.0 Å². The van der Waals surface area contributed by atoms with E-state index in [0.29, 0.717) is 29.8 Å². The van der Waals surface area contributed by atoms with Crippen LogP contribution in [0.2, 0.25) is 5.02 Å². The van der Waals surface area contributed by atoms with E-state index in [-0.39, 0.29) is 11.9 Å². The molecule has 4 rings (SSSR count). The summed E-state index contributed by atoms with van der Waals surface area (Å²) >= 11 is 7.87.